The Bertz CT molecular complexity index is 2310. The van der Waals surface area contributed by atoms with E-state index in [1.54, 1.807) is 30.3 Å². The first kappa shape index (κ1) is 43.6. The van der Waals surface area contributed by atoms with E-state index in [1.165, 1.54) is 23.0 Å². The van der Waals surface area contributed by atoms with Crippen molar-refractivity contribution in [3.8, 4) is 0 Å². The maximum Gasteiger partial charge on any atom is 0.472 e. The van der Waals surface area contributed by atoms with Gasteiger partial charge in [-0.25, -0.2) is 33.7 Å². The molecule has 25 nitrogen and oxygen atoms in total. The van der Waals surface area contributed by atoms with E-state index < -0.39 is 102 Å². The number of carbonyl (C=O) groups excluding carboxylic acids is 2. The largest absolute Gasteiger partial charge is 0.472 e. The van der Waals surface area contributed by atoms with Crippen LogP contribution < -0.4 is 22.5 Å². The topological polar surface area (TPSA) is 367 Å². The van der Waals surface area contributed by atoms with E-state index in [2.05, 4.69) is 36.4 Å². The summed E-state index contributed by atoms with van der Waals surface area (Å²) in [5, 5.41) is 25.4. The molecule has 2 aliphatic rings. The number of carbonyl (C=O) groups is 2. The van der Waals surface area contributed by atoms with Crippen molar-refractivity contribution in [3.05, 3.63) is 84.0 Å². The number of amides is 1. The highest BCUT2D eigenvalue weighted by atomic mass is 31.2. The molecule has 1 aromatic carbocycles. The Morgan fingerprint density at radius 1 is 0.949 bits per heavy atom. The second kappa shape index (κ2) is 18.1. The summed E-state index contributed by atoms with van der Waals surface area (Å²) in [4.78, 5) is 84.4. The van der Waals surface area contributed by atoms with Crippen LogP contribution in [0.3, 0.4) is 0 Å². The zero-order valence-corrected chi connectivity index (χ0v) is 32.3. The van der Waals surface area contributed by atoms with Crippen molar-refractivity contribution in [1.29, 1.82) is 0 Å². The van der Waals surface area contributed by atoms with Crippen molar-refractivity contribution in [2.24, 2.45) is 0 Å². The van der Waals surface area contributed by atoms with Crippen molar-refractivity contribution in [2.45, 2.75) is 68.0 Å². The number of ether oxygens (including phenoxy) is 3. The van der Waals surface area contributed by atoms with E-state index in [9.17, 15) is 48.4 Å². The fraction of sp³-hybridized carbons (Fsp3) is 0.406. The molecule has 6 rings (SSSR count). The van der Waals surface area contributed by atoms with Gasteiger partial charge in [0.2, 0.25) is 5.91 Å². The number of nitrogen functional groups attached to an aromatic ring is 2. The molecule has 27 heteroatoms. The molecule has 10 N–H and O–H groups in total. The SMILES string of the molecule is C=CCCC(=O)NC(C(=O)O[C@H]1[C@@H](O)[C@H](n2cnc3c(N)ncnc32)O[C@H]1COP(=O)(O)O[C@H]1[C@@H](O)[C@H](n2ccc(N)nc2=O)O[C@@H]1COP(=O)(O)O)c1ccccc1. The van der Waals surface area contributed by atoms with Gasteiger partial charge in [0, 0.05) is 12.6 Å². The van der Waals surface area contributed by atoms with Crippen molar-refractivity contribution in [1.82, 2.24) is 34.4 Å². The molecule has 3 aromatic heterocycles. The summed E-state index contributed by atoms with van der Waals surface area (Å²) >= 11 is 0. The molecule has 0 saturated carbocycles. The van der Waals surface area contributed by atoms with E-state index in [1.807, 2.05) is 0 Å². The molecule has 318 valence electrons. The first-order valence-corrected chi connectivity index (χ1v) is 20.4. The van der Waals surface area contributed by atoms with Gasteiger partial charge in [0.25, 0.3) is 0 Å². The van der Waals surface area contributed by atoms with E-state index in [4.69, 9.17) is 34.7 Å². The third kappa shape index (κ3) is 10.2. The van der Waals surface area contributed by atoms with Crippen LogP contribution in [0.1, 0.15) is 36.9 Å². The van der Waals surface area contributed by atoms with Crippen LogP contribution in [0.4, 0.5) is 11.6 Å². The van der Waals surface area contributed by atoms with Crippen molar-refractivity contribution < 1.29 is 71.4 Å². The number of aromatic nitrogens is 6. The van der Waals surface area contributed by atoms with Gasteiger partial charge >= 0.3 is 27.3 Å². The van der Waals surface area contributed by atoms with Gasteiger partial charge in [-0.1, -0.05) is 36.4 Å². The Labute approximate surface area is 332 Å². The Morgan fingerprint density at radius 3 is 2.29 bits per heavy atom. The number of hydrogen-bond acceptors (Lipinski definition) is 19. The van der Waals surface area contributed by atoms with Gasteiger partial charge in [-0.3, -0.25) is 27.5 Å². The molecule has 0 spiro atoms. The van der Waals surface area contributed by atoms with Gasteiger partial charge in [0.15, 0.2) is 36.1 Å². The Morgan fingerprint density at radius 2 is 1.61 bits per heavy atom. The number of allylic oxidation sites excluding steroid dienone is 1. The van der Waals surface area contributed by atoms with Crippen LogP contribution in [0.5, 0.6) is 0 Å². The summed E-state index contributed by atoms with van der Waals surface area (Å²) in [5.41, 5.74) is 11.0. The number of imidazole rings is 1. The van der Waals surface area contributed by atoms with Gasteiger partial charge in [0.05, 0.1) is 19.5 Å². The summed E-state index contributed by atoms with van der Waals surface area (Å²) in [6, 6.07) is 7.79. The number of hydrogen-bond donors (Lipinski definition) is 8. The number of aliphatic hydroxyl groups is 2. The highest BCUT2D eigenvalue weighted by Gasteiger charge is 2.52. The van der Waals surface area contributed by atoms with Crippen LogP contribution in [0.2, 0.25) is 0 Å². The Hall–Kier alpha value is -5.01. The fourth-order valence-corrected chi connectivity index (χ4v) is 7.54. The second-order valence-electron chi connectivity index (χ2n) is 13.0. The lowest BCUT2D eigenvalue weighted by Crippen LogP contribution is -2.42. The third-order valence-corrected chi connectivity index (χ3v) is 10.4. The van der Waals surface area contributed by atoms with Crippen LogP contribution in [-0.2, 0) is 46.5 Å². The normalized spacial score (nSPS) is 26.0. The van der Waals surface area contributed by atoms with Crippen LogP contribution in [0.25, 0.3) is 11.2 Å². The predicted molar refractivity (Wildman–Crippen MR) is 198 cm³/mol. The van der Waals surface area contributed by atoms with Gasteiger partial charge in [0.1, 0.15) is 48.2 Å². The van der Waals surface area contributed by atoms with Gasteiger partial charge < -0.3 is 55.9 Å². The lowest BCUT2D eigenvalue weighted by Gasteiger charge is -2.26. The van der Waals surface area contributed by atoms with Gasteiger partial charge in [-0.15, -0.1) is 6.58 Å². The second-order valence-corrected chi connectivity index (χ2v) is 15.6. The standard InChI is InChI=1S/C32H39N9O16P2/c1-2-3-9-20(42)39-21(16-7-5-4-6-8-16)31(45)56-25-17(54-30(23(25)43)41-15-37-22-27(34)35-14-36-28(22)41)13-53-59(50,51)57-26-18(12-52-58(47,48)49)55-29(24(26)44)40-11-10-19(33)38-32(40)46/h2,4-8,10-11,14-15,17-18,21,23-26,29-30,43-44H,1,3,9,12-13H2,(H,39,42)(H,50,51)(H2,33,38,46)(H2,34,35,36)(H2,47,48,49)/t17-,18+,21?,23+,24+,25+,26+,29+,30+/m0/s1. The number of esters is 1. The Kier molecular flexibility index (Phi) is 13.4. The number of nitrogens with two attached hydrogens (primary N) is 2. The number of phosphoric ester groups is 2. The van der Waals surface area contributed by atoms with E-state index in [0.29, 0.717) is 12.0 Å². The monoisotopic (exact) mass is 867 g/mol. The molecule has 2 saturated heterocycles. The molecular formula is C32H39N9O16P2. The van der Waals surface area contributed by atoms with Crippen molar-refractivity contribution in [3.63, 3.8) is 0 Å². The molecule has 0 aliphatic carbocycles. The highest BCUT2D eigenvalue weighted by molar-refractivity contribution is 7.47. The zero-order valence-electron chi connectivity index (χ0n) is 30.5. The lowest BCUT2D eigenvalue weighted by atomic mass is 10.1. The number of fused-ring (bicyclic) bond motifs is 1. The summed E-state index contributed by atoms with van der Waals surface area (Å²) in [6.45, 7) is 1.60. The predicted octanol–water partition coefficient (Wildman–Crippen LogP) is -0.889. The van der Waals surface area contributed by atoms with Crippen LogP contribution in [0.15, 0.2) is 72.7 Å². The smallest absolute Gasteiger partial charge is 0.455 e. The van der Waals surface area contributed by atoms with Crippen molar-refractivity contribution >= 4 is 50.3 Å². The molecule has 59 heavy (non-hydrogen) atoms. The zero-order chi connectivity index (χ0) is 42.6. The number of nitrogens with zero attached hydrogens (tertiary/aromatic N) is 6. The van der Waals surface area contributed by atoms with Gasteiger partial charge in [-0.05, 0) is 18.1 Å². The number of phosphoric acid groups is 2. The van der Waals surface area contributed by atoms with Gasteiger partial charge in [-0.2, -0.15) is 4.98 Å². The average molecular weight is 868 g/mol. The maximum absolute atomic E-state index is 13.9. The molecule has 0 bridgehead atoms. The number of benzene rings is 1. The van der Waals surface area contributed by atoms with E-state index in [0.717, 1.165) is 17.1 Å². The number of nitrogens with one attached hydrogen (secondary N) is 1. The first-order chi connectivity index (χ1) is 28.0. The minimum atomic E-state index is -5.41. The lowest BCUT2D eigenvalue weighted by molar-refractivity contribution is -0.160. The van der Waals surface area contributed by atoms with E-state index >= 15 is 0 Å². The summed E-state index contributed by atoms with van der Waals surface area (Å²) < 4.78 is 59.4. The number of aliphatic hydroxyl groups excluding tert-OH is 2. The van der Waals surface area contributed by atoms with Crippen LogP contribution in [0, 0.1) is 0 Å². The summed E-state index contributed by atoms with van der Waals surface area (Å²) in [5.74, 6) is -1.79. The maximum atomic E-state index is 13.9. The van der Waals surface area contributed by atoms with E-state index in [-0.39, 0.29) is 29.2 Å². The quantitative estimate of drug-likeness (QED) is 0.0362. The molecule has 10 atom stereocenters. The number of anilines is 2. The van der Waals surface area contributed by atoms with Crippen LogP contribution >= 0.6 is 15.6 Å². The molecule has 2 unspecified atom stereocenters. The fourth-order valence-electron chi connectivity index (χ4n) is 6.23. The minimum Gasteiger partial charge on any atom is -0.455 e. The molecular weight excluding hydrogens is 828 g/mol. The molecule has 1 amide bonds. The molecule has 2 aliphatic heterocycles. The summed E-state index contributed by atoms with van der Waals surface area (Å²) in [7, 11) is -10.6. The number of rotatable bonds is 17. The first-order valence-electron chi connectivity index (χ1n) is 17.4. The minimum absolute atomic E-state index is 0.0114. The molecule has 4 aromatic rings. The molecule has 2 fully saturated rings. The Balaban J connectivity index is 1.26. The molecule has 0 radical (unpaired) electrons. The van der Waals surface area contributed by atoms with Crippen molar-refractivity contribution in [2.75, 3.05) is 24.7 Å². The highest BCUT2D eigenvalue weighted by Crippen LogP contribution is 2.50. The molecule has 5 heterocycles. The average Bonchev–Trinajstić information content (AvgIpc) is 3.84. The van der Waals surface area contributed by atoms with Crippen LogP contribution in [-0.4, -0.2) is 116 Å². The summed E-state index contributed by atoms with van der Waals surface area (Å²) in [6.07, 6.45) is -8.64. The third-order valence-electron chi connectivity index (χ3n) is 8.97.